The van der Waals surface area contributed by atoms with Crippen LogP contribution in [0.5, 0.6) is 0 Å². The molecule has 0 aliphatic carbocycles. The fourth-order valence-electron chi connectivity index (χ4n) is 3.77. The minimum absolute atomic E-state index is 0.573. The van der Waals surface area contributed by atoms with E-state index in [1.807, 2.05) is 12.1 Å². The van der Waals surface area contributed by atoms with Crippen LogP contribution in [0, 0.1) is 0 Å². The van der Waals surface area contributed by atoms with Gasteiger partial charge < -0.3 is 4.74 Å². The summed E-state index contributed by atoms with van der Waals surface area (Å²) in [5, 5.41) is 2.41. The highest BCUT2D eigenvalue weighted by atomic mass is 16.5. The van der Waals surface area contributed by atoms with Crippen LogP contribution in [0.1, 0.15) is 16.7 Å². The molecule has 1 aliphatic rings. The van der Waals surface area contributed by atoms with E-state index < -0.39 is 5.60 Å². The van der Waals surface area contributed by atoms with Crippen LogP contribution in [0.25, 0.3) is 10.8 Å². The van der Waals surface area contributed by atoms with Crippen LogP contribution in [0.15, 0.2) is 108 Å². The third kappa shape index (κ3) is 2.70. The molecule has 0 radical (unpaired) electrons. The van der Waals surface area contributed by atoms with Crippen molar-refractivity contribution in [3.63, 3.8) is 0 Å². The van der Waals surface area contributed by atoms with E-state index in [4.69, 9.17) is 9.73 Å². The predicted molar refractivity (Wildman–Crippen MR) is 110 cm³/mol. The van der Waals surface area contributed by atoms with Gasteiger partial charge in [-0.2, -0.15) is 0 Å². The molecule has 0 fully saturated rings. The van der Waals surface area contributed by atoms with Crippen LogP contribution in [0.2, 0.25) is 0 Å². The number of ether oxygens (including phenoxy) is 1. The highest BCUT2D eigenvalue weighted by Crippen LogP contribution is 2.39. The molecule has 0 amide bonds. The number of nitrogens with zero attached hydrogens (tertiary/aromatic N) is 1. The van der Waals surface area contributed by atoms with E-state index in [1.54, 1.807) is 0 Å². The molecule has 130 valence electrons. The van der Waals surface area contributed by atoms with Gasteiger partial charge in [0, 0.05) is 16.7 Å². The third-order valence-corrected chi connectivity index (χ3v) is 5.19. The highest BCUT2D eigenvalue weighted by molar-refractivity contribution is 5.99. The summed E-state index contributed by atoms with van der Waals surface area (Å²) >= 11 is 0. The minimum Gasteiger partial charge on any atom is -0.459 e. The summed E-state index contributed by atoms with van der Waals surface area (Å²) in [6.07, 6.45) is 0. The van der Waals surface area contributed by atoms with E-state index in [1.165, 1.54) is 10.8 Å². The average molecular weight is 349 g/mol. The maximum atomic E-state index is 6.61. The fourth-order valence-corrected chi connectivity index (χ4v) is 3.77. The summed E-state index contributed by atoms with van der Waals surface area (Å²) in [5.74, 6) is 0.702. The molecule has 27 heavy (non-hydrogen) atoms. The molecular formula is C25H19NO. The van der Waals surface area contributed by atoms with E-state index in [9.17, 15) is 0 Å². The Morgan fingerprint density at radius 3 is 1.89 bits per heavy atom. The van der Waals surface area contributed by atoms with Crippen molar-refractivity contribution in [1.82, 2.24) is 0 Å². The smallest absolute Gasteiger partial charge is 0.217 e. The Hall–Kier alpha value is -3.39. The Morgan fingerprint density at radius 1 is 0.630 bits per heavy atom. The largest absolute Gasteiger partial charge is 0.459 e. The standard InChI is InChI=1S/C25H19NO/c1-3-11-22(12-4-1)25(23-13-5-2-6-14-23)18-26-24(27-25)21-16-15-19-9-7-8-10-20(19)17-21/h1-17H,18H2. The minimum atomic E-state index is -0.580. The molecule has 4 aromatic rings. The van der Waals surface area contributed by atoms with E-state index in [0.29, 0.717) is 12.4 Å². The van der Waals surface area contributed by atoms with Gasteiger partial charge in [0.1, 0.15) is 0 Å². The van der Waals surface area contributed by atoms with Crippen molar-refractivity contribution < 1.29 is 4.74 Å². The van der Waals surface area contributed by atoms with Crippen LogP contribution in [0.3, 0.4) is 0 Å². The van der Waals surface area contributed by atoms with Crippen LogP contribution in [-0.4, -0.2) is 12.4 Å². The Labute approximate surface area is 158 Å². The van der Waals surface area contributed by atoms with Crippen LogP contribution < -0.4 is 0 Å². The van der Waals surface area contributed by atoms with E-state index in [2.05, 4.69) is 91.0 Å². The molecular weight excluding hydrogens is 330 g/mol. The van der Waals surface area contributed by atoms with Crippen molar-refractivity contribution in [3.05, 3.63) is 120 Å². The van der Waals surface area contributed by atoms with Crippen molar-refractivity contribution >= 4 is 16.7 Å². The molecule has 0 aromatic heterocycles. The Morgan fingerprint density at radius 2 is 1.22 bits per heavy atom. The third-order valence-electron chi connectivity index (χ3n) is 5.19. The van der Waals surface area contributed by atoms with Gasteiger partial charge in [0.05, 0.1) is 6.54 Å². The molecule has 0 bridgehead atoms. The lowest BCUT2D eigenvalue weighted by molar-refractivity contribution is 0.133. The van der Waals surface area contributed by atoms with Gasteiger partial charge in [0.25, 0.3) is 0 Å². The zero-order valence-electron chi connectivity index (χ0n) is 14.9. The number of hydrogen-bond donors (Lipinski definition) is 0. The van der Waals surface area contributed by atoms with Gasteiger partial charge in [0.15, 0.2) is 5.60 Å². The van der Waals surface area contributed by atoms with Gasteiger partial charge >= 0.3 is 0 Å². The summed E-state index contributed by atoms with van der Waals surface area (Å²) in [6, 6.07) is 35.5. The van der Waals surface area contributed by atoms with Crippen LogP contribution >= 0.6 is 0 Å². The highest BCUT2D eigenvalue weighted by Gasteiger charge is 2.41. The molecule has 0 unspecified atom stereocenters. The topological polar surface area (TPSA) is 21.6 Å². The Bertz CT molecular complexity index is 1080. The molecule has 0 saturated carbocycles. The van der Waals surface area contributed by atoms with Crippen molar-refractivity contribution in [2.24, 2.45) is 4.99 Å². The molecule has 0 saturated heterocycles. The van der Waals surface area contributed by atoms with Gasteiger partial charge in [-0.25, -0.2) is 4.99 Å². The van der Waals surface area contributed by atoms with Crippen molar-refractivity contribution in [1.29, 1.82) is 0 Å². The normalized spacial score (nSPS) is 15.3. The summed E-state index contributed by atoms with van der Waals surface area (Å²) in [6.45, 7) is 0.573. The number of aliphatic imine (C=N–C) groups is 1. The fraction of sp³-hybridized carbons (Fsp3) is 0.0800. The molecule has 0 N–H and O–H groups in total. The monoisotopic (exact) mass is 349 g/mol. The quantitative estimate of drug-likeness (QED) is 0.474. The lowest BCUT2D eigenvalue weighted by Crippen LogP contribution is -2.32. The summed E-state index contributed by atoms with van der Waals surface area (Å²) in [7, 11) is 0. The zero-order valence-corrected chi connectivity index (χ0v) is 14.9. The van der Waals surface area contributed by atoms with Crippen molar-refractivity contribution in [2.75, 3.05) is 6.54 Å². The lowest BCUT2D eigenvalue weighted by atomic mass is 9.86. The zero-order chi connectivity index (χ0) is 18.1. The first-order chi connectivity index (χ1) is 13.4. The van der Waals surface area contributed by atoms with E-state index in [0.717, 1.165) is 16.7 Å². The summed E-state index contributed by atoms with van der Waals surface area (Å²) in [4.78, 5) is 4.81. The van der Waals surface area contributed by atoms with E-state index in [-0.39, 0.29) is 0 Å². The molecule has 0 spiro atoms. The second kappa shape index (κ2) is 6.40. The first-order valence-corrected chi connectivity index (χ1v) is 9.19. The molecule has 2 nitrogen and oxygen atoms in total. The van der Waals surface area contributed by atoms with Gasteiger partial charge in [-0.05, 0) is 22.9 Å². The molecule has 4 aromatic carbocycles. The summed E-state index contributed by atoms with van der Waals surface area (Å²) in [5.41, 5.74) is 2.68. The van der Waals surface area contributed by atoms with Gasteiger partial charge in [-0.3, -0.25) is 0 Å². The summed E-state index contributed by atoms with van der Waals surface area (Å²) < 4.78 is 6.61. The molecule has 0 atom stereocenters. The number of benzene rings is 4. The number of hydrogen-bond acceptors (Lipinski definition) is 2. The van der Waals surface area contributed by atoms with Crippen LogP contribution in [-0.2, 0) is 10.3 Å². The molecule has 2 heteroatoms. The molecule has 1 aliphatic heterocycles. The molecule has 5 rings (SSSR count). The second-order valence-electron chi connectivity index (χ2n) is 6.84. The maximum Gasteiger partial charge on any atom is 0.217 e. The lowest BCUT2D eigenvalue weighted by Gasteiger charge is -2.29. The predicted octanol–water partition coefficient (Wildman–Crippen LogP) is 5.56. The SMILES string of the molecule is c1ccc(C2(c3ccccc3)CN=C(c3ccc4ccccc4c3)O2)cc1. The second-order valence-corrected chi connectivity index (χ2v) is 6.84. The van der Waals surface area contributed by atoms with E-state index >= 15 is 0 Å². The Balaban J connectivity index is 1.58. The first kappa shape index (κ1) is 15.8. The molecule has 1 heterocycles. The first-order valence-electron chi connectivity index (χ1n) is 9.19. The number of fused-ring (bicyclic) bond motifs is 1. The Kier molecular flexibility index (Phi) is 3.75. The van der Waals surface area contributed by atoms with Crippen molar-refractivity contribution in [2.45, 2.75) is 5.60 Å². The van der Waals surface area contributed by atoms with Crippen LogP contribution in [0.4, 0.5) is 0 Å². The van der Waals surface area contributed by atoms with Gasteiger partial charge in [-0.1, -0.05) is 91.0 Å². The van der Waals surface area contributed by atoms with Crippen molar-refractivity contribution in [3.8, 4) is 0 Å². The van der Waals surface area contributed by atoms with Gasteiger partial charge in [0.2, 0.25) is 5.90 Å². The number of rotatable bonds is 3. The maximum absolute atomic E-state index is 6.61. The van der Waals surface area contributed by atoms with Gasteiger partial charge in [-0.15, -0.1) is 0 Å². The average Bonchev–Trinajstić information content (AvgIpc) is 3.21.